The zero-order valence-corrected chi connectivity index (χ0v) is 13.8. The largest absolute Gasteiger partial charge is 0.361 e. The first kappa shape index (κ1) is 14.9. The zero-order chi connectivity index (χ0) is 16.5. The molecule has 122 valence electrons. The molecule has 1 aromatic carbocycles. The molecule has 4 rings (SSSR count). The summed E-state index contributed by atoms with van der Waals surface area (Å²) in [5.74, 6) is 0.562. The predicted octanol–water partition coefficient (Wildman–Crippen LogP) is 3.89. The van der Waals surface area contributed by atoms with Gasteiger partial charge >= 0.3 is 0 Å². The third kappa shape index (κ3) is 2.68. The van der Waals surface area contributed by atoms with Crippen LogP contribution in [0.1, 0.15) is 40.5 Å². The molecule has 1 fully saturated rings. The number of piperidine rings is 1. The van der Waals surface area contributed by atoms with Gasteiger partial charge in [0.2, 0.25) is 0 Å². The average molecular weight is 319 g/mol. The summed E-state index contributed by atoms with van der Waals surface area (Å²) in [6, 6.07) is 14.0. The Morgan fingerprint density at radius 3 is 2.71 bits per heavy atom. The maximum Gasteiger partial charge on any atom is 0.272 e. The molecule has 0 bridgehead atoms. The number of rotatable bonds is 2. The van der Waals surface area contributed by atoms with Crippen molar-refractivity contribution in [3.63, 3.8) is 0 Å². The fourth-order valence-corrected chi connectivity index (χ4v) is 3.65. The van der Waals surface area contributed by atoms with E-state index >= 15 is 0 Å². The summed E-state index contributed by atoms with van der Waals surface area (Å²) >= 11 is 0. The van der Waals surface area contributed by atoms with Crippen LogP contribution in [-0.2, 0) is 0 Å². The van der Waals surface area contributed by atoms with Crippen LogP contribution in [0.15, 0.2) is 48.7 Å². The predicted molar refractivity (Wildman–Crippen MR) is 95.2 cm³/mol. The van der Waals surface area contributed by atoms with Crippen LogP contribution >= 0.6 is 0 Å². The summed E-state index contributed by atoms with van der Waals surface area (Å²) < 4.78 is 0. The number of hydrogen-bond acceptors (Lipinski definition) is 2. The third-order valence-electron chi connectivity index (χ3n) is 4.95. The van der Waals surface area contributed by atoms with E-state index in [4.69, 9.17) is 0 Å². The van der Waals surface area contributed by atoms with E-state index in [9.17, 15) is 4.79 Å². The minimum atomic E-state index is 0.0519. The number of H-pyrrole nitrogens is 1. The summed E-state index contributed by atoms with van der Waals surface area (Å²) in [6.45, 7) is 3.50. The van der Waals surface area contributed by atoms with Gasteiger partial charge in [-0.3, -0.25) is 4.79 Å². The molecule has 0 saturated carbocycles. The van der Waals surface area contributed by atoms with E-state index in [1.165, 1.54) is 16.5 Å². The number of aryl methyl sites for hydroxylation is 1. The van der Waals surface area contributed by atoms with Crippen LogP contribution in [0.3, 0.4) is 0 Å². The molecule has 24 heavy (non-hydrogen) atoms. The lowest BCUT2D eigenvalue weighted by Gasteiger charge is -2.31. The summed E-state index contributed by atoms with van der Waals surface area (Å²) in [5, 5.41) is 1.31. The minimum Gasteiger partial charge on any atom is -0.361 e. The van der Waals surface area contributed by atoms with Crippen molar-refractivity contribution in [2.75, 3.05) is 13.1 Å². The van der Waals surface area contributed by atoms with E-state index < -0.39 is 0 Å². The topological polar surface area (TPSA) is 49.0 Å². The minimum absolute atomic E-state index is 0.0519. The Balaban J connectivity index is 1.48. The first-order valence-electron chi connectivity index (χ1n) is 8.51. The number of aromatic nitrogens is 2. The van der Waals surface area contributed by atoms with Crippen molar-refractivity contribution in [3.05, 3.63) is 65.6 Å². The first-order chi connectivity index (χ1) is 11.7. The van der Waals surface area contributed by atoms with Crippen molar-refractivity contribution in [1.29, 1.82) is 0 Å². The van der Waals surface area contributed by atoms with Gasteiger partial charge in [-0.05, 0) is 49.4 Å². The highest BCUT2D eigenvalue weighted by molar-refractivity contribution is 5.92. The van der Waals surface area contributed by atoms with Crippen molar-refractivity contribution < 1.29 is 4.79 Å². The Hall–Kier alpha value is -2.62. The lowest BCUT2D eigenvalue weighted by atomic mass is 9.89. The van der Waals surface area contributed by atoms with Crippen molar-refractivity contribution in [2.45, 2.75) is 25.7 Å². The van der Waals surface area contributed by atoms with Gasteiger partial charge in [-0.1, -0.05) is 24.3 Å². The number of nitrogens with zero attached hydrogens (tertiary/aromatic N) is 2. The number of carbonyl (C=O) groups excluding carboxylic acids is 1. The molecule has 3 aromatic rings. The number of aromatic amines is 1. The van der Waals surface area contributed by atoms with Gasteiger partial charge in [-0.25, -0.2) is 4.98 Å². The van der Waals surface area contributed by atoms with Crippen molar-refractivity contribution >= 4 is 16.8 Å². The molecule has 0 radical (unpaired) electrons. The lowest BCUT2D eigenvalue weighted by Crippen LogP contribution is -2.38. The summed E-state index contributed by atoms with van der Waals surface area (Å²) in [4.78, 5) is 22.3. The molecule has 1 saturated heterocycles. The molecule has 4 heteroatoms. The fraction of sp³-hybridized carbons (Fsp3) is 0.300. The Morgan fingerprint density at radius 1 is 1.12 bits per heavy atom. The second-order valence-electron chi connectivity index (χ2n) is 6.52. The highest BCUT2D eigenvalue weighted by Crippen LogP contribution is 2.33. The molecular formula is C20H21N3O. The fourth-order valence-electron chi connectivity index (χ4n) is 3.65. The molecule has 0 aliphatic carbocycles. The van der Waals surface area contributed by atoms with Gasteiger partial charge in [0.25, 0.3) is 5.91 Å². The maximum absolute atomic E-state index is 12.6. The summed E-state index contributed by atoms with van der Waals surface area (Å²) in [5.41, 5.74) is 4.01. The third-order valence-corrected chi connectivity index (χ3v) is 4.95. The van der Waals surface area contributed by atoms with Crippen LogP contribution < -0.4 is 0 Å². The molecule has 1 N–H and O–H groups in total. The van der Waals surface area contributed by atoms with E-state index in [1.807, 2.05) is 24.0 Å². The SMILES string of the molecule is Cc1cccc(C(=O)N2CCC(c3c[nH]c4ccccc34)CC2)n1. The average Bonchev–Trinajstić information content (AvgIpc) is 3.05. The van der Waals surface area contributed by atoms with Gasteiger partial charge in [0.15, 0.2) is 0 Å². The molecular weight excluding hydrogens is 298 g/mol. The number of nitrogens with one attached hydrogen (secondary N) is 1. The number of hydrogen-bond donors (Lipinski definition) is 1. The number of carbonyl (C=O) groups is 1. The van der Waals surface area contributed by atoms with Gasteiger partial charge in [0.1, 0.15) is 5.69 Å². The molecule has 1 amide bonds. The number of para-hydroxylation sites is 1. The smallest absolute Gasteiger partial charge is 0.272 e. The van der Waals surface area contributed by atoms with E-state index in [1.54, 1.807) is 6.07 Å². The van der Waals surface area contributed by atoms with Crippen LogP contribution in [0.5, 0.6) is 0 Å². The summed E-state index contributed by atoms with van der Waals surface area (Å²) in [6.07, 6.45) is 4.13. The Bertz CT molecular complexity index is 875. The first-order valence-corrected chi connectivity index (χ1v) is 8.51. The molecule has 0 atom stereocenters. The van der Waals surface area contributed by atoms with Gasteiger partial charge in [0.05, 0.1) is 0 Å². The monoisotopic (exact) mass is 319 g/mol. The van der Waals surface area contributed by atoms with Crippen LogP contribution in [0.4, 0.5) is 0 Å². The van der Waals surface area contributed by atoms with E-state index in [2.05, 4.69) is 40.4 Å². The van der Waals surface area contributed by atoms with Gasteiger partial charge in [0, 0.05) is 35.9 Å². The van der Waals surface area contributed by atoms with Gasteiger partial charge in [-0.2, -0.15) is 0 Å². The number of benzene rings is 1. The molecule has 2 aromatic heterocycles. The zero-order valence-electron chi connectivity index (χ0n) is 13.8. The highest BCUT2D eigenvalue weighted by Gasteiger charge is 2.26. The van der Waals surface area contributed by atoms with Crippen molar-refractivity contribution in [2.24, 2.45) is 0 Å². The van der Waals surface area contributed by atoms with Gasteiger partial charge in [-0.15, -0.1) is 0 Å². The summed E-state index contributed by atoms with van der Waals surface area (Å²) in [7, 11) is 0. The van der Waals surface area contributed by atoms with E-state index in [-0.39, 0.29) is 5.91 Å². The van der Waals surface area contributed by atoms with E-state index in [0.29, 0.717) is 11.6 Å². The van der Waals surface area contributed by atoms with Gasteiger partial charge < -0.3 is 9.88 Å². The molecule has 1 aliphatic rings. The molecule has 4 nitrogen and oxygen atoms in total. The van der Waals surface area contributed by atoms with Crippen molar-refractivity contribution in [1.82, 2.24) is 14.9 Å². The van der Waals surface area contributed by atoms with Crippen molar-refractivity contribution in [3.8, 4) is 0 Å². The number of amides is 1. The molecule has 1 aliphatic heterocycles. The number of fused-ring (bicyclic) bond motifs is 1. The lowest BCUT2D eigenvalue weighted by molar-refractivity contribution is 0.0707. The molecule has 0 unspecified atom stereocenters. The Kier molecular flexibility index (Phi) is 3.81. The highest BCUT2D eigenvalue weighted by atomic mass is 16.2. The second kappa shape index (κ2) is 6.11. The molecule has 3 heterocycles. The number of likely N-dealkylation sites (tertiary alicyclic amines) is 1. The van der Waals surface area contributed by atoms with Crippen LogP contribution in [0.25, 0.3) is 10.9 Å². The van der Waals surface area contributed by atoms with Crippen LogP contribution in [-0.4, -0.2) is 33.9 Å². The molecule has 0 spiro atoms. The second-order valence-corrected chi connectivity index (χ2v) is 6.52. The van der Waals surface area contributed by atoms with E-state index in [0.717, 1.165) is 31.6 Å². The Morgan fingerprint density at radius 2 is 1.92 bits per heavy atom. The van der Waals surface area contributed by atoms with Crippen LogP contribution in [0, 0.1) is 6.92 Å². The number of pyridine rings is 1. The van der Waals surface area contributed by atoms with Crippen LogP contribution in [0.2, 0.25) is 0 Å². The standard InChI is InChI=1S/C20H21N3O/c1-14-5-4-8-19(22-14)20(24)23-11-9-15(10-12-23)17-13-21-18-7-3-2-6-16(17)18/h2-8,13,15,21H,9-12H2,1H3. The normalized spacial score (nSPS) is 15.8. The Labute approximate surface area is 141 Å². The maximum atomic E-state index is 12.6. The quantitative estimate of drug-likeness (QED) is 0.779.